The summed E-state index contributed by atoms with van der Waals surface area (Å²) in [5.41, 5.74) is 10.6. The minimum Gasteiger partial charge on any atom is -0.327 e. The standard InChI is InChI=1S/C15H20BrN3/c1-4-13(17)9-12-7-5-6-8-14(12)19-11(3)15(16)10(2)18-19/h5-8,13H,4,9,17H2,1-3H3. The molecule has 0 aliphatic rings. The Bertz CT molecular complexity index is 575. The van der Waals surface area contributed by atoms with Gasteiger partial charge in [0, 0.05) is 6.04 Å². The lowest BCUT2D eigenvalue weighted by atomic mass is 10.0. The second-order valence-electron chi connectivity index (χ2n) is 4.90. The number of nitrogens with zero attached hydrogens (tertiary/aromatic N) is 2. The van der Waals surface area contributed by atoms with Crippen molar-refractivity contribution in [2.45, 2.75) is 39.7 Å². The van der Waals surface area contributed by atoms with Gasteiger partial charge in [-0.15, -0.1) is 0 Å². The van der Waals surface area contributed by atoms with Gasteiger partial charge in [0.1, 0.15) is 0 Å². The lowest BCUT2D eigenvalue weighted by Gasteiger charge is -2.14. The summed E-state index contributed by atoms with van der Waals surface area (Å²) >= 11 is 3.58. The van der Waals surface area contributed by atoms with Gasteiger partial charge in [-0.2, -0.15) is 5.10 Å². The van der Waals surface area contributed by atoms with E-state index in [4.69, 9.17) is 5.73 Å². The fraction of sp³-hybridized carbons (Fsp3) is 0.400. The third kappa shape index (κ3) is 2.90. The van der Waals surface area contributed by atoms with Crippen LogP contribution < -0.4 is 5.73 Å². The van der Waals surface area contributed by atoms with Crippen LogP contribution in [0.4, 0.5) is 0 Å². The first-order valence-electron chi connectivity index (χ1n) is 6.60. The smallest absolute Gasteiger partial charge is 0.0743 e. The van der Waals surface area contributed by atoms with Crippen molar-refractivity contribution < 1.29 is 0 Å². The lowest BCUT2D eigenvalue weighted by Crippen LogP contribution is -2.22. The van der Waals surface area contributed by atoms with Crippen LogP contribution in [0.1, 0.15) is 30.3 Å². The molecule has 19 heavy (non-hydrogen) atoms. The summed E-state index contributed by atoms with van der Waals surface area (Å²) in [5, 5.41) is 4.60. The molecule has 2 aromatic rings. The van der Waals surface area contributed by atoms with E-state index in [9.17, 15) is 0 Å². The highest BCUT2D eigenvalue weighted by Crippen LogP contribution is 2.25. The predicted octanol–water partition coefficient (Wildman–Crippen LogP) is 3.53. The Morgan fingerprint density at radius 3 is 2.58 bits per heavy atom. The maximum Gasteiger partial charge on any atom is 0.0743 e. The molecule has 0 aliphatic heterocycles. The van der Waals surface area contributed by atoms with Gasteiger partial charge in [-0.3, -0.25) is 0 Å². The number of halogens is 1. The van der Waals surface area contributed by atoms with E-state index in [1.165, 1.54) is 5.56 Å². The van der Waals surface area contributed by atoms with Crippen LogP contribution in [0.3, 0.4) is 0 Å². The van der Waals surface area contributed by atoms with Gasteiger partial charge in [-0.1, -0.05) is 25.1 Å². The van der Waals surface area contributed by atoms with Crippen LogP contribution >= 0.6 is 15.9 Å². The fourth-order valence-electron chi connectivity index (χ4n) is 2.18. The maximum atomic E-state index is 6.09. The summed E-state index contributed by atoms with van der Waals surface area (Å²) in [7, 11) is 0. The molecular weight excluding hydrogens is 302 g/mol. The van der Waals surface area contributed by atoms with Crippen LogP contribution in [-0.4, -0.2) is 15.8 Å². The van der Waals surface area contributed by atoms with Crippen molar-refractivity contribution in [3.63, 3.8) is 0 Å². The molecule has 2 rings (SSSR count). The van der Waals surface area contributed by atoms with E-state index >= 15 is 0 Å². The Morgan fingerprint density at radius 1 is 1.32 bits per heavy atom. The minimum absolute atomic E-state index is 0.196. The van der Waals surface area contributed by atoms with Gasteiger partial charge >= 0.3 is 0 Å². The second kappa shape index (κ2) is 5.88. The van der Waals surface area contributed by atoms with Gasteiger partial charge in [0.2, 0.25) is 0 Å². The summed E-state index contributed by atoms with van der Waals surface area (Å²) in [6, 6.07) is 8.53. The first-order chi connectivity index (χ1) is 9.04. The van der Waals surface area contributed by atoms with E-state index in [1.54, 1.807) is 0 Å². The molecule has 0 saturated carbocycles. The number of nitrogens with two attached hydrogens (primary N) is 1. The fourth-order valence-corrected chi connectivity index (χ4v) is 2.42. The Hall–Kier alpha value is -1.13. The highest BCUT2D eigenvalue weighted by Gasteiger charge is 2.14. The molecule has 4 heteroatoms. The average Bonchev–Trinajstić information content (AvgIpc) is 2.67. The lowest BCUT2D eigenvalue weighted by molar-refractivity contribution is 0.641. The topological polar surface area (TPSA) is 43.8 Å². The largest absolute Gasteiger partial charge is 0.327 e. The molecule has 0 saturated heterocycles. The summed E-state index contributed by atoms with van der Waals surface area (Å²) in [6.07, 6.45) is 1.86. The summed E-state index contributed by atoms with van der Waals surface area (Å²) in [4.78, 5) is 0. The number of hydrogen-bond acceptors (Lipinski definition) is 2. The zero-order valence-corrected chi connectivity index (χ0v) is 13.2. The van der Waals surface area contributed by atoms with Gasteiger partial charge in [0.05, 0.1) is 21.5 Å². The van der Waals surface area contributed by atoms with Crippen LogP contribution in [0.5, 0.6) is 0 Å². The van der Waals surface area contributed by atoms with Crippen molar-refractivity contribution in [1.29, 1.82) is 0 Å². The normalized spacial score (nSPS) is 12.7. The Labute approximate surface area is 122 Å². The molecule has 0 radical (unpaired) electrons. The third-order valence-corrected chi connectivity index (χ3v) is 4.58. The third-order valence-electron chi connectivity index (χ3n) is 3.43. The predicted molar refractivity (Wildman–Crippen MR) is 82.7 cm³/mol. The van der Waals surface area contributed by atoms with Gasteiger partial charge in [-0.05, 0) is 54.2 Å². The molecule has 0 amide bonds. The van der Waals surface area contributed by atoms with Crippen LogP contribution in [0.25, 0.3) is 5.69 Å². The molecule has 3 nitrogen and oxygen atoms in total. The van der Waals surface area contributed by atoms with Gasteiger partial charge < -0.3 is 5.73 Å². The maximum absolute atomic E-state index is 6.09. The SMILES string of the molecule is CCC(N)Cc1ccccc1-n1nc(C)c(Br)c1C. The molecule has 2 N–H and O–H groups in total. The monoisotopic (exact) mass is 321 g/mol. The van der Waals surface area contributed by atoms with E-state index < -0.39 is 0 Å². The minimum atomic E-state index is 0.196. The molecule has 1 atom stereocenters. The van der Waals surface area contributed by atoms with Crippen molar-refractivity contribution in [1.82, 2.24) is 9.78 Å². The Kier molecular flexibility index (Phi) is 4.42. The van der Waals surface area contributed by atoms with Gasteiger partial charge in [-0.25, -0.2) is 4.68 Å². The Balaban J connectivity index is 2.47. The number of aromatic nitrogens is 2. The van der Waals surface area contributed by atoms with E-state index in [0.717, 1.165) is 34.4 Å². The number of para-hydroxylation sites is 1. The first kappa shape index (κ1) is 14.3. The van der Waals surface area contributed by atoms with Crippen LogP contribution in [-0.2, 0) is 6.42 Å². The molecule has 1 aromatic heterocycles. The summed E-state index contributed by atoms with van der Waals surface area (Å²) < 4.78 is 3.07. The van der Waals surface area contributed by atoms with E-state index in [1.807, 2.05) is 17.7 Å². The van der Waals surface area contributed by atoms with E-state index in [0.29, 0.717) is 0 Å². The molecule has 0 spiro atoms. The molecule has 1 unspecified atom stereocenters. The molecule has 0 aliphatic carbocycles. The number of aryl methyl sites for hydroxylation is 1. The highest BCUT2D eigenvalue weighted by atomic mass is 79.9. The molecule has 1 aromatic carbocycles. The van der Waals surface area contributed by atoms with E-state index in [-0.39, 0.29) is 6.04 Å². The van der Waals surface area contributed by atoms with Crippen molar-refractivity contribution in [3.8, 4) is 5.69 Å². The van der Waals surface area contributed by atoms with Crippen LogP contribution in [0.2, 0.25) is 0 Å². The first-order valence-corrected chi connectivity index (χ1v) is 7.39. The van der Waals surface area contributed by atoms with Gasteiger partial charge in [0.15, 0.2) is 0 Å². The summed E-state index contributed by atoms with van der Waals surface area (Å²) in [6.45, 7) is 6.20. The number of hydrogen-bond donors (Lipinski definition) is 1. The zero-order chi connectivity index (χ0) is 14.0. The van der Waals surface area contributed by atoms with Crippen molar-refractivity contribution >= 4 is 15.9 Å². The molecular formula is C15H20BrN3. The van der Waals surface area contributed by atoms with Crippen molar-refractivity contribution in [2.75, 3.05) is 0 Å². The highest BCUT2D eigenvalue weighted by molar-refractivity contribution is 9.10. The number of rotatable bonds is 4. The van der Waals surface area contributed by atoms with Crippen LogP contribution in [0, 0.1) is 13.8 Å². The zero-order valence-electron chi connectivity index (χ0n) is 11.7. The van der Waals surface area contributed by atoms with E-state index in [2.05, 4.69) is 53.1 Å². The van der Waals surface area contributed by atoms with Crippen LogP contribution in [0.15, 0.2) is 28.7 Å². The van der Waals surface area contributed by atoms with Crippen molar-refractivity contribution in [2.24, 2.45) is 5.73 Å². The average molecular weight is 322 g/mol. The molecule has 0 fully saturated rings. The second-order valence-corrected chi connectivity index (χ2v) is 5.69. The van der Waals surface area contributed by atoms with Gasteiger partial charge in [0.25, 0.3) is 0 Å². The number of benzene rings is 1. The molecule has 0 bridgehead atoms. The molecule has 1 heterocycles. The quantitative estimate of drug-likeness (QED) is 0.936. The van der Waals surface area contributed by atoms with Crippen molar-refractivity contribution in [3.05, 3.63) is 45.7 Å². The Morgan fingerprint density at radius 2 is 2.00 bits per heavy atom. The summed E-state index contributed by atoms with van der Waals surface area (Å²) in [5.74, 6) is 0. The molecule has 102 valence electrons.